The number of carbonyl (C=O) groups excluding carboxylic acids is 1. The molecule has 3 heterocycles. The van der Waals surface area contributed by atoms with Crippen molar-refractivity contribution in [1.82, 2.24) is 0 Å². The topological polar surface area (TPSA) is 109 Å². The molecule has 2 aliphatic carbocycles. The van der Waals surface area contributed by atoms with Crippen LogP contribution in [0.3, 0.4) is 0 Å². The van der Waals surface area contributed by atoms with Gasteiger partial charge in [0.15, 0.2) is 0 Å². The van der Waals surface area contributed by atoms with Crippen LogP contribution in [0.25, 0.3) is 0 Å². The Labute approximate surface area is 157 Å². The summed E-state index contributed by atoms with van der Waals surface area (Å²) in [6, 6.07) is 1.80. The summed E-state index contributed by atoms with van der Waals surface area (Å²) >= 11 is 0. The van der Waals surface area contributed by atoms with E-state index in [1.54, 1.807) is 18.6 Å². The third-order valence-electron chi connectivity index (χ3n) is 8.13. The first-order valence-electron chi connectivity index (χ1n) is 9.74. The van der Waals surface area contributed by atoms with Crippen LogP contribution in [-0.2, 0) is 14.3 Å². The third kappa shape index (κ3) is 1.93. The van der Waals surface area contributed by atoms with Crippen molar-refractivity contribution in [2.45, 2.75) is 56.5 Å². The lowest BCUT2D eigenvalue weighted by molar-refractivity contribution is -0.382. The van der Waals surface area contributed by atoms with Crippen LogP contribution in [0.5, 0.6) is 0 Å². The lowest BCUT2D eigenvalue weighted by Crippen LogP contribution is -2.80. The van der Waals surface area contributed by atoms with E-state index < -0.39 is 34.7 Å². The Balaban J connectivity index is 1.61. The minimum atomic E-state index is -0.990. The number of furan rings is 1. The first kappa shape index (κ1) is 17.7. The molecule has 1 aromatic rings. The Hall–Kier alpha value is -1.41. The minimum absolute atomic E-state index is 0.102. The predicted molar refractivity (Wildman–Crippen MR) is 91.3 cm³/mol. The van der Waals surface area contributed by atoms with Gasteiger partial charge in [-0.25, -0.2) is 0 Å². The lowest BCUT2D eigenvalue weighted by Gasteiger charge is -2.71. The van der Waals surface area contributed by atoms with Gasteiger partial charge in [0.05, 0.1) is 48.8 Å². The van der Waals surface area contributed by atoms with Crippen LogP contribution in [0.15, 0.2) is 23.0 Å². The van der Waals surface area contributed by atoms with E-state index in [2.05, 4.69) is 0 Å². The molecule has 4 fully saturated rings. The molecule has 0 aromatic carbocycles. The molecule has 5 rings (SSSR count). The van der Waals surface area contributed by atoms with Crippen molar-refractivity contribution in [1.29, 1.82) is 0 Å². The van der Waals surface area contributed by atoms with Crippen LogP contribution in [0.1, 0.15) is 44.3 Å². The molecule has 3 N–H and O–H groups in total. The molecule has 0 radical (unpaired) electrons. The van der Waals surface area contributed by atoms with Crippen molar-refractivity contribution in [3.63, 3.8) is 0 Å². The highest BCUT2D eigenvalue weighted by Crippen LogP contribution is 2.71. The molecular formula is C20H26O7. The normalized spacial score (nSPS) is 51.4. The lowest BCUT2D eigenvalue weighted by atomic mass is 9.39. The van der Waals surface area contributed by atoms with Gasteiger partial charge in [0.2, 0.25) is 0 Å². The maximum absolute atomic E-state index is 13.3. The number of rotatable bonds is 2. The van der Waals surface area contributed by atoms with Crippen molar-refractivity contribution in [3.05, 3.63) is 24.2 Å². The van der Waals surface area contributed by atoms with E-state index in [-0.39, 0.29) is 30.8 Å². The van der Waals surface area contributed by atoms with Gasteiger partial charge >= 0.3 is 5.97 Å². The largest absolute Gasteiger partial charge is 0.472 e. The van der Waals surface area contributed by atoms with Crippen molar-refractivity contribution in [2.24, 2.45) is 22.7 Å². The van der Waals surface area contributed by atoms with E-state index in [1.807, 2.05) is 6.92 Å². The van der Waals surface area contributed by atoms with Crippen LogP contribution < -0.4 is 0 Å². The number of aliphatic hydroxyl groups excluding tert-OH is 3. The van der Waals surface area contributed by atoms with Crippen LogP contribution in [0.4, 0.5) is 0 Å². The highest BCUT2D eigenvalue weighted by atomic mass is 16.6. The zero-order valence-electron chi connectivity index (χ0n) is 15.3. The third-order valence-corrected chi connectivity index (χ3v) is 8.13. The van der Waals surface area contributed by atoms with E-state index in [1.165, 1.54) is 0 Å². The SMILES string of the molecule is CC1CC(O)C23COC2(CO)CC(O)CC3C12CC(c1ccoc1)OC2=O. The minimum Gasteiger partial charge on any atom is -0.472 e. The quantitative estimate of drug-likeness (QED) is 0.663. The second-order valence-electron chi connectivity index (χ2n) is 8.98. The molecular weight excluding hydrogens is 352 g/mol. The number of esters is 1. The van der Waals surface area contributed by atoms with Crippen molar-refractivity contribution >= 4 is 5.97 Å². The maximum atomic E-state index is 13.3. The molecule has 2 spiro atoms. The number of cyclic esters (lactones) is 1. The number of hydrogen-bond donors (Lipinski definition) is 3. The molecule has 0 bridgehead atoms. The van der Waals surface area contributed by atoms with Gasteiger partial charge < -0.3 is 29.2 Å². The zero-order chi connectivity index (χ0) is 19.0. The number of hydrogen-bond acceptors (Lipinski definition) is 7. The van der Waals surface area contributed by atoms with Gasteiger partial charge in [-0.2, -0.15) is 0 Å². The second-order valence-corrected chi connectivity index (χ2v) is 8.98. The first-order valence-corrected chi connectivity index (χ1v) is 9.74. The first-order chi connectivity index (χ1) is 12.9. The average Bonchev–Trinajstić information content (AvgIpc) is 3.24. The second kappa shape index (κ2) is 5.56. The van der Waals surface area contributed by atoms with Crippen LogP contribution in [0.2, 0.25) is 0 Å². The molecule has 0 amide bonds. The molecule has 2 aliphatic heterocycles. The summed E-state index contributed by atoms with van der Waals surface area (Å²) in [6.07, 6.45) is 3.00. The molecule has 7 heteroatoms. The predicted octanol–water partition coefficient (Wildman–Crippen LogP) is 1.17. The molecule has 2 saturated carbocycles. The van der Waals surface area contributed by atoms with Crippen LogP contribution in [0, 0.1) is 22.7 Å². The van der Waals surface area contributed by atoms with Gasteiger partial charge in [0.25, 0.3) is 0 Å². The molecule has 1 aromatic heterocycles. The summed E-state index contributed by atoms with van der Waals surface area (Å²) in [4.78, 5) is 13.3. The van der Waals surface area contributed by atoms with Crippen molar-refractivity contribution < 1.29 is 34.0 Å². The molecule has 8 atom stereocenters. The van der Waals surface area contributed by atoms with Gasteiger partial charge in [-0.05, 0) is 30.7 Å². The highest BCUT2D eigenvalue weighted by Gasteiger charge is 2.78. The summed E-state index contributed by atoms with van der Waals surface area (Å²) < 4.78 is 16.8. The van der Waals surface area contributed by atoms with Gasteiger partial charge in [-0.3, -0.25) is 4.79 Å². The number of carbonyl (C=O) groups is 1. The fourth-order valence-corrected chi connectivity index (χ4v) is 6.72. The van der Waals surface area contributed by atoms with E-state index in [0.717, 1.165) is 5.56 Å². The Morgan fingerprint density at radius 1 is 1.26 bits per heavy atom. The summed E-state index contributed by atoms with van der Waals surface area (Å²) in [5.41, 5.74) is -1.71. The summed E-state index contributed by atoms with van der Waals surface area (Å²) in [5.74, 6) is -0.682. The fraction of sp³-hybridized carbons (Fsp3) is 0.750. The Kier molecular flexibility index (Phi) is 3.64. The summed E-state index contributed by atoms with van der Waals surface area (Å²) in [6.45, 7) is 2.00. The average molecular weight is 378 g/mol. The number of fused-ring (bicyclic) bond motifs is 1. The van der Waals surface area contributed by atoms with Gasteiger partial charge in [-0.1, -0.05) is 6.92 Å². The van der Waals surface area contributed by atoms with Crippen molar-refractivity contribution in [2.75, 3.05) is 13.2 Å². The smallest absolute Gasteiger partial charge is 0.313 e. The number of aliphatic hydroxyl groups is 3. The van der Waals surface area contributed by atoms with E-state index in [9.17, 15) is 20.1 Å². The molecule has 148 valence electrons. The monoisotopic (exact) mass is 378 g/mol. The highest BCUT2D eigenvalue weighted by molar-refractivity contribution is 5.81. The Morgan fingerprint density at radius 2 is 2.07 bits per heavy atom. The molecule has 27 heavy (non-hydrogen) atoms. The van der Waals surface area contributed by atoms with E-state index in [4.69, 9.17) is 13.9 Å². The van der Waals surface area contributed by atoms with Gasteiger partial charge in [0.1, 0.15) is 11.7 Å². The van der Waals surface area contributed by atoms with E-state index in [0.29, 0.717) is 25.9 Å². The van der Waals surface area contributed by atoms with E-state index >= 15 is 0 Å². The fourth-order valence-electron chi connectivity index (χ4n) is 6.72. The van der Waals surface area contributed by atoms with Crippen molar-refractivity contribution in [3.8, 4) is 0 Å². The standard InChI is InChI=1S/C20H26O7/c1-11-4-16(23)20-10-26-18(20,9-21)6-13(22)5-15(20)19(11)7-14(27-17(19)24)12-2-3-25-8-12/h2-3,8,11,13-16,21-23H,4-7,9-10H2,1H3. The number of ether oxygens (including phenoxy) is 2. The van der Waals surface area contributed by atoms with Crippen LogP contribution in [-0.4, -0.2) is 52.3 Å². The Bertz CT molecular complexity index is 744. The van der Waals surface area contributed by atoms with Gasteiger partial charge in [-0.15, -0.1) is 0 Å². The zero-order valence-corrected chi connectivity index (χ0v) is 15.3. The molecule has 2 saturated heterocycles. The van der Waals surface area contributed by atoms with Gasteiger partial charge in [0, 0.05) is 18.4 Å². The molecule has 8 unspecified atom stereocenters. The molecule has 4 aliphatic rings. The molecule has 7 nitrogen and oxygen atoms in total. The maximum Gasteiger partial charge on any atom is 0.313 e. The van der Waals surface area contributed by atoms with Crippen LogP contribution >= 0.6 is 0 Å². The summed E-state index contributed by atoms with van der Waals surface area (Å²) in [7, 11) is 0. The summed E-state index contributed by atoms with van der Waals surface area (Å²) in [5, 5.41) is 31.8. The Morgan fingerprint density at radius 3 is 2.70 bits per heavy atom.